The van der Waals surface area contributed by atoms with Crippen LogP contribution in [0.5, 0.6) is 0 Å². The molecule has 1 atom stereocenters. The Hall–Kier alpha value is -2.71. The van der Waals surface area contributed by atoms with Gasteiger partial charge in [0.15, 0.2) is 0 Å². The van der Waals surface area contributed by atoms with Crippen molar-refractivity contribution in [1.29, 1.82) is 0 Å². The number of hydrogen-bond acceptors (Lipinski definition) is 4. The van der Waals surface area contributed by atoms with Crippen molar-refractivity contribution in [2.75, 3.05) is 6.54 Å². The third-order valence-electron chi connectivity index (χ3n) is 4.19. The molecular formula is C18H20N4O3S. The maximum absolute atomic E-state index is 12.6. The van der Waals surface area contributed by atoms with Gasteiger partial charge in [0.05, 0.1) is 17.0 Å². The minimum atomic E-state index is -3.75. The Morgan fingerprint density at radius 2 is 1.96 bits per heavy atom. The predicted octanol–water partition coefficient (Wildman–Crippen LogP) is 1.20. The predicted molar refractivity (Wildman–Crippen MR) is 98.7 cm³/mol. The van der Waals surface area contributed by atoms with E-state index in [-0.39, 0.29) is 11.4 Å². The number of aromatic nitrogens is 2. The van der Waals surface area contributed by atoms with E-state index in [9.17, 15) is 13.2 Å². The zero-order valence-corrected chi connectivity index (χ0v) is 15.1. The first-order chi connectivity index (χ1) is 12.3. The number of benzene rings is 2. The highest BCUT2D eigenvalue weighted by atomic mass is 32.2. The number of nitrogens with one attached hydrogen (secondary N) is 1. The van der Waals surface area contributed by atoms with Crippen LogP contribution in [-0.4, -0.2) is 30.7 Å². The summed E-state index contributed by atoms with van der Waals surface area (Å²) in [6.07, 6.45) is 3.73. The Labute approximate surface area is 151 Å². The van der Waals surface area contributed by atoms with Gasteiger partial charge < -0.3 is 5.73 Å². The number of fused-ring (bicyclic) bond motifs is 1. The smallest absolute Gasteiger partial charge is 0.240 e. The summed E-state index contributed by atoms with van der Waals surface area (Å²) in [7, 11) is -1.98. The first-order valence-corrected chi connectivity index (χ1v) is 9.59. The molecule has 3 N–H and O–H groups in total. The van der Waals surface area contributed by atoms with Crippen molar-refractivity contribution in [3.05, 3.63) is 60.4 Å². The van der Waals surface area contributed by atoms with Gasteiger partial charge in [0, 0.05) is 19.8 Å². The monoisotopic (exact) mass is 372 g/mol. The van der Waals surface area contributed by atoms with Crippen LogP contribution >= 0.6 is 0 Å². The van der Waals surface area contributed by atoms with E-state index in [0.717, 1.165) is 16.3 Å². The maximum atomic E-state index is 12.6. The molecule has 1 aromatic heterocycles. The number of aryl methyl sites for hydroxylation is 1. The quantitative estimate of drug-likeness (QED) is 0.650. The fourth-order valence-corrected chi connectivity index (χ4v) is 3.88. The average molecular weight is 372 g/mol. The lowest BCUT2D eigenvalue weighted by atomic mass is 10.0. The van der Waals surface area contributed by atoms with Crippen molar-refractivity contribution in [1.82, 2.24) is 14.5 Å². The van der Waals surface area contributed by atoms with Crippen molar-refractivity contribution in [3.63, 3.8) is 0 Å². The Balaban J connectivity index is 1.75. The number of nitrogens with two attached hydrogens (primary N) is 1. The van der Waals surface area contributed by atoms with E-state index in [4.69, 9.17) is 5.73 Å². The van der Waals surface area contributed by atoms with Crippen LogP contribution < -0.4 is 10.5 Å². The first kappa shape index (κ1) is 18.1. The molecule has 7 nitrogen and oxygen atoms in total. The summed E-state index contributed by atoms with van der Waals surface area (Å²) in [5.74, 6) is -1.22. The zero-order chi connectivity index (χ0) is 18.7. The summed E-state index contributed by atoms with van der Waals surface area (Å²) in [6, 6.07) is 12.4. The number of carbonyl (C=O) groups is 1. The molecule has 0 unspecified atom stereocenters. The molecule has 0 aliphatic rings. The van der Waals surface area contributed by atoms with E-state index in [0.29, 0.717) is 6.42 Å². The maximum Gasteiger partial charge on any atom is 0.240 e. The van der Waals surface area contributed by atoms with E-state index in [2.05, 4.69) is 9.82 Å². The van der Waals surface area contributed by atoms with Crippen molar-refractivity contribution in [2.24, 2.45) is 18.7 Å². The van der Waals surface area contributed by atoms with Crippen molar-refractivity contribution >= 4 is 26.7 Å². The van der Waals surface area contributed by atoms with Crippen LogP contribution in [0.3, 0.4) is 0 Å². The summed E-state index contributed by atoms with van der Waals surface area (Å²) in [5.41, 5.74) is 6.25. The van der Waals surface area contributed by atoms with Crippen molar-refractivity contribution in [3.8, 4) is 0 Å². The number of hydrogen-bond donors (Lipinski definition) is 2. The Bertz CT molecular complexity index is 1040. The standard InChI is InChI=1S/C18H20N4O3S/c1-22-12-13(10-20-22)8-16(18(19)23)11-21-26(24,25)17-7-6-14-4-2-3-5-15(14)9-17/h2-7,9-10,12,16,21H,8,11H2,1H3,(H2,19,23)/t16-/m0/s1. The number of rotatable bonds is 7. The fourth-order valence-electron chi connectivity index (χ4n) is 2.76. The van der Waals surface area contributed by atoms with Crippen LogP contribution in [0.25, 0.3) is 10.8 Å². The van der Waals surface area contributed by atoms with E-state index >= 15 is 0 Å². The van der Waals surface area contributed by atoms with E-state index in [1.807, 2.05) is 24.3 Å². The topological polar surface area (TPSA) is 107 Å². The molecule has 2 aromatic carbocycles. The van der Waals surface area contributed by atoms with E-state index in [1.54, 1.807) is 42.3 Å². The van der Waals surface area contributed by atoms with Gasteiger partial charge in [-0.05, 0) is 34.9 Å². The lowest BCUT2D eigenvalue weighted by Gasteiger charge is -2.14. The molecule has 3 rings (SSSR count). The van der Waals surface area contributed by atoms with Crippen LogP contribution in [0.15, 0.2) is 59.8 Å². The summed E-state index contributed by atoms with van der Waals surface area (Å²) in [4.78, 5) is 11.9. The normalized spacial score (nSPS) is 13.0. The number of primary amides is 1. The molecule has 1 heterocycles. The molecule has 136 valence electrons. The van der Waals surface area contributed by atoms with Gasteiger partial charge in [0.1, 0.15) is 0 Å². The van der Waals surface area contributed by atoms with Gasteiger partial charge in [-0.25, -0.2) is 13.1 Å². The molecule has 0 aliphatic heterocycles. The highest BCUT2D eigenvalue weighted by Gasteiger charge is 2.21. The molecule has 1 amide bonds. The number of amides is 1. The minimum Gasteiger partial charge on any atom is -0.369 e. The van der Waals surface area contributed by atoms with E-state index in [1.165, 1.54) is 0 Å². The second-order valence-corrected chi connectivity index (χ2v) is 7.95. The molecule has 0 spiro atoms. The summed E-state index contributed by atoms with van der Waals surface area (Å²) in [6.45, 7) is -0.0701. The van der Waals surface area contributed by atoms with Gasteiger partial charge in [-0.15, -0.1) is 0 Å². The second-order valence-electron chi connectivity index (χ2n) is 6.19. The lowest BCUT2D eigenvalue weighted by Crippen LogP contribution is -2.37. The molecular weight excluding hydrogens is 352 g/mol. The lowest BCUT2D eigenvalue weighted by molar-refractivity contribution is -0.121. The second kappa shape index (κ2) is 7.27. The van der Waals surface area contributed by atoms with Crippen LogP contribution in [-0.2, 0) is 28.3 Å². The van der Waals surface area contributed by atoms with Crippen molar-refractivity contribution < 1.29 is 13.2 Å². The molecule has 0 aliphatic carbocycles. The highest BCUT2D eigenvalue weighted by Crippen LogP contribution is 2.19. The third-order valence-corrected chi connectivity index (χ3v) is 5.62. The zero-order valence-electron chi connectivity index (χ0n) is 14.3. The molecule has 0 fully saturated rings. The Morgan fingerprint density at radius 3 is 2.62 bits per heavy atom. The number of carbonyl (C=O) groups excluding carboxylic acids is 1. The fraction of sp³-hybridized carbons (Fsp3) is 0.222. The molecule has 0 radical (unpaired) electrons. The van der Waals surface area contributed by atoms with Crippen LogP contribution in [0.4, 0.5) is 0 Å². The van der Waals surface area contributed by atoms with Gasteiger partial charge in [-0.1, -0.05) is 30.3 Å². The largest absolute Gasteiger partial charge is 0.369 e. The summed E-state index contributed by atoms with van der Waals surface area (Å²) < 4.78 is 29.3. The average Bonchev–Trinajstić information content (AvgIpc) is 3.03. The van der Waals surface area contributed by atoms with Gasteiger partial charge in [0.25, 0.3) is 0 Å². The third kappa shape index (κ3) is 4.09. The first-order valence-electron chi connectivity index (χ1n) is 8.10. The minimum absolute atomic E-state index is 0.0701. The summed E-state index contributed by atoms with van der Waals surface area (Å²) >= 11 is 0. The highest BCUT2D eigenvalue weighted by molar-refractivity contribution is 7.89. The van der Waals surface area contributed by atoms with Gasteiger partial charge in [-0.2, -0.15) is 5.10 Å². The number of sulfonamides is 1. The molecule has 3 aromatic rings. The number of nitrogens with zero attached hydrogens (tertiary/aromatic N) is 2. The molecule has 0 saturated carbocycles. The Morgan fingerprint density at radius 1 is 1.23 bits per heavy atom. The van der Waals surface area contributed by atoms with Gasteiger partial charge >= 0.3 is 0 Å². The van der Waals surface area contributed by atoms with Crippen LogP contribution in [0, 0.1) is 5.92 Å². The van der Waals surface area contributed by atoms with Gasteiger partial charge in [-0.3, -0.25) is 9.48 Å². The van der Waals surface area contributed by atoms with Crippen molar-refractivity contribution in [2.45, 2.75) is 11.3 Å². The molecule has 0 saturated heterocycles. The molecule has 26 heavy (non-hydrogen) atoms. The Kier molecular flexibility index (Phi) is 5.06. The van der Waals surface area contributed by atoms with Gasteiger partial charge in [0.2, 0.25) is 15.9 Å². The SMILES string of the molecule is Cn1cc(C[C@@H](CNS(=O)(=O)c2ccc3ccccc3c2)C(N)=O)cn1. The molecule has 0 bridgehead atoms. The summed E-state index contributed by atoms with van der Waals surface area (Å²) in [5, 5.41) is 5.83. The molecule has 8 heteroatoms. The van der Waals surface area contributed by atoms with Crippen LogP contribution in [0.1, 0.15) is 5.56 Å². The van der Waals surface area contributed by atoms with E-state index < -0.39 is 21.8 Å². The van der Waals surface area contributed by atoms with Crippen LogP contribution in [0.2, 0.25) is 0 Å².